The topological polar surface area (TPSA) is 91.0 Å². The van der Waals surface area contributed by atoms with Crippen LogP contribution in [0.2, 0.25) is 5.02 Å². The summed E-state index contributed by atoms with van der Waals surface area (Å²) in [6.07, 6.45) is 1.39. The van der Waals surface area contributed by atoms with Crippen LogP contribution in [-0.2, 0) is 16.6 Å². The largest absolute Gasteiger partial charge is 0.464 e. The normalized spacial score (nSPS) is 12.1. The second-order valence-electron chi connectivity index (χ2n) is 5.12. The maximum atomic E-state index is 12.5. The van der Waals surface area contributed by atoms with Crippen molar-refractivity contribution in [3.05, 3.63) is 28.3 Å². The first kappa shape index (κ1) is 17.0. The Morgan fingerprint density at radius 2 is 2.04 bits per heavy atom. The predicted molar refractivity (Wildman–Crippen MR) is 84.6 cm³/mol. The molecule has 0 radical (unpaired) electrons. The van der Waals surface area contributed by atoms with Gasteiger partial charge in [0.05, 0.1) is 35.4 Å². The monoisotopic (exact) mass is 339 g/mol. The molecule has 0 spiro atoms. The molecule has 2 rings (SSSR count). The molecule has 1 N–H and O–H groups in total. The molecule has 0 aliphatic rings. The fourth-order valence-electron chi connectivity index (χ4n) is 2.24. The van der Waals surface area contributed by atoms with E-state index in [0.29, 0.717) is 16.4 Å². The van der Waals surface area contributed by atoms with Crippen LogP contribution in [0.3, 0.4) is 0 Å². The van der Waals surface area contributed by atoms with Crippen LogP contribution in [0.25, 0.3) is 0 Å². The molecule has 2 aromatic rings. The van der Waals surface area contributed by atoms with Crippen molar-refractivity contribution in [1.82, 2.24) is 19.6 Å². The van der Waals surface area contributed by atoms with Crippen molar-refractivity contribution in [2.45, 2.75) is 26.8 Å². The number of anilines is 1. The van der Waals surface area contributed by atoms with Gasteiger partial charge in [-0.15, -0.1) is 0 Å². The number of carbonyl (C=O) groups is 2. The number of halogens is 1. The molecule has 0 aromatic carbocycles. The number of aryl methyl sites for hydroxylation is 2. The van der Waals surface area contributed by atoms with E-state index in [2.05, 4.69) is 15.5 Å². The lowest BCUT2D eigenvalue weighted by Crippen LogP contribution is -2.26. The number of esters is 1. The quantitative estimate of drug-likeness (QED) is 0.859. The summed E-state index contributed by atoms with van der Waals surface area (Å²) in [6, 6.07) is -0.605. The lowest BCUT2D eigenvalue weighted by atomic mass is 10.2. The number of nitrogens with one attached hydrogen (secondary N) is 1. The van der Waals surface area contributed by atoms with Gasteiger partial charge in [-0.25, -0.2) is 4.79 Å². The number of amides is 1. The van der Waals surface area contributed by atoms with E-state index in [9.17, 15) is 9.59 Å². The van der Waals surface area contributed by atoms with Crippen LogP contribution in [0.4, 0.5) is 5.69 Å². The Morgan fingerprint density at radius 3 is 2.57 bits per heavy atom. The number of hydrogen-bond donors (Lipinski definition) is 1. The highest BCUT2D eigenvalue weighted by Crippen LogP contribution is 2.23. The Kier molecular flexibility index (Phi) is 4.74. The Bertz CT molecular complexity index is 765. The highest BCUT2D eigenvalue weighted by molar-refractivity contribution is 6.31. The zero-order chi connectivity index (χ0) is 17.3. The van der Waals surface area contributed by atoms with E-state index in [0.717, 1.165) is 0 Å². The molecule has 0 aliphatic heterocycles. The molecular formula is C14H18ClN5O3. The lowest BCUT2D eigenvalue weighted by Gasteiger charge is -2.14. The van der Waals surface area contributed by atoms with Crippen molar-refractivity contribution < 1.29 is 14.3 Å². The van der Waals surface area contributed by atoms with Crippen molar-refractivity contribution >= 4 is 29.2 Å². The minimum absolute atomic E-state index is 0.166. The molecule has 1 unspecified atom stereocenters. The number of nitrogens with zero attached hydrogens (tertiary/aromatic N) is 4. The molecule has 8 nitrogen and oxygen atoms in total. The molecule has 0 aliphatic carbocycles. The van der Waals surface area contributed by atoms with Crippen molar-refractivity contribution in [2.75, 3.05) is 12.4 Å². The van der Waals surface area contributed by atoms with Gasteiger partial charge in [-0.3, -0.25) is 14.2 Å². The lowest BCUT2D eigenvalue weighted by molar-refractivity contribution is -0.119. The molecule has 0 saturated carbocycles. The van der Waals surface area contributed by atoms with Crippen LogP contribution in [0.1, 0.15) is 34.8 Å². The van der Waals surface area contributed by atoms with Crippen LogP contribution < -0.4 is 5.32 Å². The maximum Gasteiger partial charge on any atom is 0.358 e. The van der Waals surface area contributed by atoms with Crippen molar-refractivity contribution in [1.29, 1.82) is 0 Å². The van der Waals surface area contributed by atoms with Gasteiger partial charge >= 0.3 is 5.97 Å². The van der Waals surface area contributed by atoms with Crippen LogP contribution in [-0.4, -0.2) is 38.5 Å². The van der Waals surface area contributed by atoms with E-state index in [-0.39, 0.29) is 17.3 Å². The summed E-state index contributed by atoms with van der Waals surface area (Å²) in [6.45, 7) is 5.25. The molecule has 1 atom stereocenters. The first-order valence-electron chi connectivity index (χ1n) is 6.90. The summed E-state index contributed by atoms with van der Waals surface area (Å²) in [5.41, 5.74) is 1.80. The first-order valence-corrected chi connectivity index (χ1v) is 7.28. The molecule has 23 heavy (non-hydrogen) atoms. The highest BCUT2D eigenvalue weighted by atomic mass is 35.5. The van der Waals surface area contributed by atoms with Gasteiger partial charge in [0, 0.05) is 7.05 Å². The second kappa shape index (κ2) is 6.41. The number of hydrogen-bond acceptors (Lipinski definition) is 5. The van der Waals surface area contributed by atoms with Gasteiger partial charge in [0.1, 0.15) is 6.04 Å². The van der Waals surface area contributed by atoms with Gasteiger partial charge in [0.2, 0.25) is 5.91 Å². The standard InChI is InChI=1S/C14H18ClN5O3/c1-7-11(15)8(2)20(18-7)9(3)13(21)17-10-6-16-19(4)12(10)14(22)23-5/h6,9H,1-5H3,(H,17,21). The molecule has 9 heteroatoms. The van der Waals surface area contributed by atoms with Crippen LogP contribution in [0, 0.1) is 13.8 Å². The third-order valence-corrected chi connectivity index (χ3v) is 4.11. The van der Waals surface area contributed by atoms with Crippen molar-refractivity contribution in [2.24, 2.45) is 7.05 Å². The third kappa shape index (κ3) is 3.07. The molecule has 1 amide bonds. The average molecular weight is 340 g/mol. The Balaban J connectivity index is 2.26. The summed E-state index contributed by atoms with van der Waals surface area (Å²) >= 11 is 6.11. The summed E-state index contributed by atoms with van der Waals surface area (Å²) < 4.78 is 7.58. The fraction of sp³-hybridized carbons (Fsp3) is 0.429. The van der Waals surface area contributed by atoms with Gasteiger partial charge in [-0.1, -0.05) is 11.6 Å². The predicted octanol–water partition coefficient (Wildman–Crippen LogP) is 1.87. The molecule has 2 heterocycles. The van der Waals surface area contributed by atoms with E-state index < -0.39 is 12.0 Å². The van der Waals surface area contributed by atoms with E-state index >= 15 is 0 Å². The first-order chi connectivity index (χ1) is 10.8. The number of aromatic nitrogens is 4. The van der Waals surface area contributed by atoms with Crippen LogP contribution >= 0.6 is 11.6 Å². The Morgan fingerprint density at radius 1 is 1.39 bits per heavy atom. The van der Waals surface area contributed by atoms with Gasteiger partial charge in [-0.2, -0.15) is 10.2 Å². The fourth-order valence-corrected chi connectivity index (χ4v) is 2.36. The molecule has 124 valence electrons. The van der Waals surface area contributed by atoms with E-state index in [1.165, 1.54) is 18.0 Å². The zero-order valence-electron chi connectivity index (χ0n) is 13.5. The highest BCUT2D eigenvalue weighted by Gasteiger charge is 2.24. The van der Waals surface area contributed by atoms with Crippen molar-refractivity contribution in [3.63, 3.8) is 0 Å². The van der Waals surface area contributed by atoms with Crippen LogP contribution in [0.15, 0.2) is 6.20 Å². The van der Waals surface area contributed by atoms with Gasteiger partial charge < -0.3 is 10.1 Å². The van der Waals surface area contributed by atoms with Gasteiger partial charge in [-0.05, 0) is 20.8 Å². The zero-order valence-corrected chi connectivity index (χ0v) is 14.3. The minimum Gasteiger partial charge on any atom is -0.464 e. The SMILES string of the molecule is COC(=O)c1c(NC(=O)C(C)n2nc(C)c(Cl)c2C)cnn1C. The maximum absolute atomic E-state index is 12.5. The molecule has 0 saturated heterocycles. The summed E-state index contributed by atoms with van der Waals surface area (Å²) in [7, 11) is 2.85. The average Bonchev–Trinajstić information content (AvgIpc) is 3.00. The van der Waals surface area contributed by atoms with E-state index in [4.69, 9.17) is 16.3 Å². The number of methoxy groups -OCH3 is 1. The van der Waals surface area contributed by atoms with E-state index in [1.54, 1.807) is 32.5 Å². The van der Waals surface area contributed by atoms with Gasteiger partial charge in [0.15, 0.2) is 5.69 Å². The van der Waals surface area contributed by atoms with E-state index in [1.807, 2.05) is 0 Å². The summed E-state index contributed by atoms with van der Waals surface area (Å²) in [5, 5.41) is 11.4. The molecular weight excluding hydrogens is 322 g/mol. The third-order valence-electron chi connectivity index (χ3n) is 3.56. The Hall–Kier alpha value is -2.35. The molecule has 0 fully saturated rings. The molecule has 0 bridgehead atoms. The number of carbonyl (C=O) groups excluding carboxylic acids is 2. The smallest absolute Gasteiger partial charge is 0.358 e. The number of ether oxygens (including phenoxy) is 1. The summed E-state index contributed by atoms with van der Waals surface area (Å²) in [4.78, 5) is 24.2. The second-order valence-corrected chi connectivity index (χ2v) is 5.49. The van der Waals surface area contributed by atoms with Crippen LogP contribution in [0.5, 0.6) is 0 Å². The summed E-state index contributed by atoms with van der Waals surface area (Å²) in [5.74, 6) is -0.924. The minimum atomic E-state index is -0.605. The van der Waals surface area contributed by atoms with Gasteiger partial charge in [0.25, 0.3) is 0 Å². The molecule has 2 aromatic heterocycles. The Labute approximate surface area is 138 Å². The number of rotatable bonds is 4. The van der Waals surface area contributed by atoms with Crippen molar-refractivity contribution in [3.8, 4) is 0 Å².